The summed E-state index contributed by atoms with van der Waals surface area (Å²) >= 11 is 0. The average molecular weight is 318 g/mol. The first kappa shape index (κ1) is 16.7. The molecule has 1 aromatic rings. The Morgan fingerprint density at radius 1 is 1.41 bits per heavy atom. The highest BCUT2D eigenvalue weighted by molar-refractivity contribution is 5.94. The second kappa shape index (κ2) is 6.24. The van der Waals surface area contributed by atoms with Gasteiger partial charge in [0.05, 0.1) is 11.1 Å². The maximum Gasteiger partial charge on any atom is 0.416 e. The minimum absolute atomic E-state index is 0.0755. The summed E-state index contributed by atoms with van der Waals surface area (Å²) in [6.07, 6.45) is -3.91. The smallest absolute Gasteiger partial charge is 0.338 e. The number of halogens is 4. The lowest BCUT2D eigenvalue weighted by Crippen LogP contribution is -2.45. The summed E-state index contributed by atoms with van der Waals surface area (Å²) in [5.41, 5.74) is 4.07. The van der Waals surface area contributed by atoms with Crippen LogP contribution in [0.1, 0.15) is 29.3 Å². The highest BCUT2D eigenvalue weighted by Gasteiger charge is 2.34. The van der Waals surface area contributed by atoms with Crippen molar-refractivity contribution in [2.24, 2.45) is 17.6 Å². The zero-order valence-electron chi connectivity index (χ0n) is 12.2. The van der Waals surface area contributed by atoms with Crippen LogP contribution in [0, 0.1) is 17.7 Å². The monoisotopic (exact) mass is 318 g/mol. The topological polar surface area (TPSA) is 46.3 Å². The number of rotatable bonds is 2. The average Bonchev–Trinajstić information content (AvgIpc) is 2.46. The Balaban J connectivity index is 2.26. The van der Waals surface area contributed by atoms with Crippen molar-refractivity contribution in [2.45, 2.75) is 19.5 Å². The second-order valence-electron chi connectivity index (χ2n) is 5.71. The molecular formula is C15H18F4N2O. The van der Waals surface area contributed by atoms with Crippen molar-refractivity contribution in [3.63, 3.8) is 0 Å². The Bertz CT molecular complexity index is 559. The van der Waals surface area contributed by atoms with E-state index >= 15 is 0 Å². The Morgan fingerprint density at radius 3 is 2.68 bits per heavy atom. The van der Waals surface area contributed by atoms with Gasteiger partial charge in [0, 0.05) is 13.1 Å². The number of nitrogens with zero attached hydrogens (tertiary/aromatic N) is 1. The summed E-state index contributed by atoms with van der Waals surface area (Å²) in [6, 6.07) is 1.89. The molecule has 1 aliphatic rings. The van der Waals surface area contributed by atoms with Gasteiger partial charge in [-0.15, -0.1) is 0 Å². The number of hydrogen-bond donors (Lipinski definition) is 1. The Labute approximate surface area is 126 Å². The molecule has 0 bridgehead atoms. The molecule has 2 rings (SSSR count). The maximum absolute atomic E-state index is 13.8. The van der Waals surface area contributed by atoms with E-state index in [0.717, 1.165) is 0 Å². The lowest BCUT2D eigenvalue weighted by Gasteiger charge is -2.36. The number of benzene rings is 1. The Kier molecular flexibility index (Phi) is 4.75. The van der Waals surface area contributed by atoms with Crippen molar-refractivity contribution >= 4 is 5.91 Å². The molecule has 0 radical (unpaired) electrons. The third-order valence-corrected chi connectivity index (χ3v) is 4.23. The molecule has 7 heteroatoms. The van der Waals surface area contributed by atoms with Crippen LogP contribution in [0.3, 0.4) is 0 Å². The first-order valence-electron chi connectivity index (χ1n) is 7.10. The largest absolute Gasteiger partial charge is 0.416 e. The first-order chi connectivity index (χ1) is 10.2. The summed E-state index contributed by atoms with van der Waals surface area (Å²) in [7, 11) is 0. The van der Waals surface area contributed by atoms with E-state index < -0.39 is 29.0 Å². The summed E-state index contributed by atoms with van der Waals surface area (Å²) in [4.78, 5) is 13.7. The quantitative estimate of drug-likeness (QED) is 0.852. The van der Waals surface area contributed by atoms with Gasteiger partial charge < -0.3 is 10.6 Å². The second-order valence-corrected chi connectivity index (χ2v) is 5.71. The van der Waals surface area contributed by atoms with Gasteiger partial charge in [-0.2, -0.15) is 13.2 Å². The van der Waals surface area contributed by atoms with Crippen molar-refractivity contribution in [3.05, 3.63) is 35.1 Å². The summed E-state index contributed by atoms with van der Waals surface area (Å²) in [6.45, 7) is 3.14. The van der Waals surface area contributed by atoms with Gasteiger partial charge >= 0.3 is 6.18 Å². The van der Waals surface area contributed by atoms with Crippen LogP contribution in [0.15, 0.2) is 18.2 Å². The van der Waals surface area contributed by atoms with E-state index in [1.165, 1.54) is 4.90 Å². The molecule has 0 aliphatic carbocycles. The molecule has 22 heavy (non-hydrogen) atoms. The Morgan fingerprint density at radius 2 is 2.09 bits per heavy atom. The third-order valence-electron chi connectivity index (χ3n) is 4.23. The van der Waals surface area contributed by atoms with E-state index in [1.54, 1.807) is 0 Å². The molecule has 2 N–H and O–H groups in total. The van der Waals surface area contributed by atoms with Crippen LogP contribution in [0.4, 0.5) is 17.6 Å². The standard InChI is InChI=1S/C15H18F4N2O/c1-9-4-5-21(8-10(9)7-20)14(22)12-6-11(15(17,18)19)2-3-13(12)16/h2-3,6,9-10H,4-5,7-8,20H2,1H3. The van der Waals surface area contributed by atoms with Gasteiger partial charge in [-0.25, -0.2) is 4.39 Å². The SMILES string of the molecule is CC1CCN(C(=O)c2cc(C(F)(F)F)ccc2F)CC1CN. The number of carbonyl (C=O) groups is 1. The molecule has 1 amide bonds. The van der Waals surface area contributed by atoms with Crippen LogP contribution in [0.25, 0.3) is 0 Å². The van der Waals surface area contributed by atoms with E-state index in [4.69, 9.17) is 5.73 Å². The summed E-state index contributed by atoms with van der Waals surface area (Å²) in [5.74, 6) is -1.25. The normalized spacial score (nSPS) is 22.7. The van der Waals surface area contributed by atoms with Crippen LogP contribution in [-0.2, 0) is 6.18 Å². The highest BCUT2D eigenvalue weighted by Crippen LogP contribution is 2.31. The lowest BCUT2D eigenvalue weighted by atomic mass is 9.87. The molecular weight excluding hydrogens is 300 g/mol. The molecule has 122 valence electrons. The van der Waals surface area contributed by atoms with Crippen molar-refractivity contribution in [3.8, 4) is 0 Å². The van der Waals surface area contributed by atoms with Crippen LogP contribution in [-0.4, -0.2) is 30.4 Å². The number of nitrogens with two attached hydrogens (primary N) is 1. The molecule has 0 aromatic heterocycles. The van der Waals surface area contributed by atoms with Gasteiger partial charge in [0.2, 0.25) is 0 Å². The van der Waals surface area contributed by atoms with Crippen LogP contribution >= 0.6 is 0 Å². The fourth-order valence-corrected chi connectivity index (χ4v) is 2.68. The Hall–Kier alpha value is -1.63. The van der Waals surface area contributed by atoms with Crippen LogP contribution in [0.2, 0.25) is 0 Å². The molecule has 1 aliphatic heterocycles. The fraction of sp³-hybridized carbons (Fsp3) is 0.533. The maximum atomic E-state index is 13.8. The fourth-order valence-electron chi connectivity index (χ4n) is 2.68. The van der Waals surface area contributed by atoms with Gasteiger partial charge in [-0.05, 0) is 43.0 Å². The van der Waals surface area contributed by atoms with Gasteiger partial charge in [0.25, 0.3) is 5.91 Å². The predicted molar refractivity (Wildman–Crippen MR) is 73.6 cm³/mol. The third kappa shape index (κ3) is 3.40. The van der Waals surface area contributed by atoms with Crippen LogP contribution in [0.5, 0.6) is 0 Å². The molecule has 1 aromatic carbocycles. The van der Waals surface area contributed by atoms with Gasteiger partial charge in [0.1, 0.15) is 5.82 Å². The summed E-state index contributed by atoms with van der Waals surface area (Å²) in [5, 5.41) is 0. The number of hydrogen-bond acceptors (Lipinski definition) is 2. The van der Waals surface area contributed by atoms with E-state index in [-0.39, 0.29) is 5.92 Å². The molecule has 0 saturated carbocycles. The minimum atomic E-state index is -4.61. The molecule has 0 spiro atoms. The molecule has 1 fully saturated rings. The number of carbonyl (C=O) groups excluding carboxylic acids is 1. The van der Waals surface area contributed by atoms with Gasteiger partial charge in [-0.1, -0.05) is 6.92 Å². The van der Waals surface area contributed by atoms with E-state index in [9.17, 15) is 22.4 Å². The predicted octanol–water partition coefficient (Wildman–Crippen LogP) is 2.90. The number of alkyl halides is 3. The molecule has 2 unspecified atom stereocenters. The first-order valence-corrected chi connectivity index (χ1v) is 7.10. The highest BCUT2D eigenvalue weighted by atomic mass is 19.4. The number of likely N-dealkylation sites (tertiary alicyclic amines) is 1. The van der Waals surface area contributed by atoms with Crippen molar-refractivity contribution in [2.75, 3.05) is 19.6 Å². The zero-order chi connectivity index (χ0) is 16.5. The molecule has 1 saturated heterocycles. The molecule has 2 atom stereocenters. The van der Waals surface area contributed by atoms with Crippen molar-refractivity contribution in [1.29, 1.82) is 0 Å². The molecule has 1 heterocycles. The van der Waals surface area contributed by atoms with Gasteiger partial charge in [0.15, 0.2) is 0 Å². The van der Waals surface area contributed by atoms with Crippen molar-refractivity contribution < 1.29 is 22.4 Å². The summed E-state index contributed by atoms with van der Waals surface area (Å²) < 4.78 is 51.9. The van der Waals surface area contributed by atoms with E-state index in [0.29, 0.717) is 50.2 Å². The zero-order valence-corrected chi connectivity index (χ0v) is 12.2. The van der Waals surface area contributed by atoms with E-state index in [2.05, 4.69) is 0 Å². The lowest BCUT2D eigenvalue weighted by molar-refractivity contribution is -0.137. The van der Waals surface area contributed by atoms with E-state index in [1.807, 2.05) is 6.92 Å². The number of amides is 1. The van der Waals surface area contributed by atoms with Gasteiger partial charge in [-0.3, -0.25) is 4.79 Å². The molecule has 3 nitrogen and oxygen atoms in total. The van der Waals surface area contributed by atoms with Crippen molar-refractivity contribution in [1.82, 2.24) is 4.90 Å². The number of piperidine rings is 1. The van der Waals surface area contributed by atoms with Crippen LogP contribution < -0.4 is 5.73 Å². The minimum Gasteiger partial charge on any atom is -0.338 e.